The van der Waals surface area contributed by atoms with Crippen molar-refractivity contribution in [1.29, 1.82) is 0 Å². The Hall–Kier alpha value is -0.760. The van der Waals surface area contributed by atoms with E-state index in [1.54, 1.807) is 0 Å². The lowest BCUT2D eigenvalue weighted by Gasteiger charge is -2.30. The molecule has 2 amide bonds. The molecular formula is C14H19IN2O3. The van der Waals surface area contributed by atoms with E-state index in [0.717, 1.165) is 5.57 Å². The molecule has 2 fully saturated rings. The van der Waals surface area contributed by atoms with Crippen LogP contribution in [0.3, 0.4) is 0 Å². The third-order valence-corrected chi connectivity index (χ3v) is 4.37. The summed E-state index contributed by atoms with van der Waals surface area (Å²) in [5.41, 5.74) is 0.530. The summed E-state index contributed by atoms with van der Waals surface area (Å²) in [4.78, 5) is 26.0. The molecule has 3 rings (SSSR count). The molecule has 4 atom stereocenters. The van der Waals surface area contributed by atoms with E-state index >= 15 is 0 Å². The number of ether oxygens (including phenoxy) is 1. The summed E-state index contributed by atoms with van der Waals surface area (Å²) in [5, 5.41) is 0. The lowest BCUT2D eigenvalue weighted by molar-refractivity contribution is -0.550. The molecule has 0 unspecified atom stereocenters. The van der Waals surface area contributed by atoms with E-state index in [-0.39, 0.29) is 47.8 Å². The fourth-order valence-electron chi connectivity index (χ4n) is 3.83. The summed E-state index contributed by atoms with van der Waals surface area (Å²) in [7, 11) is 1.94. The fraction of sp³-hybridized carbons (Fsp3) is 0.643. The zero-order valence-electron chi connectivity index (χ0n) is 12.1. The molecule has 110 valence electrons. The number of likely N-dealkylation sites (N-methyl/N-ethyl adjacent to an activating group) is 2. The highest BCUT2D eigenvalue weighted by Crippen LogP contribution is 2.44. The Morgan fingerprint density at radius 3 is 2.65 bits per heavy atom. The topological polar surface area (TPSA) is 49.6 Å². The summed E-state index contributed by atoms with van der Waals surface area (Å²) in [6.07, 6.45) is 3.40. The van der Waals surface area contributed by atoms with Crippen LogP contribution in [0, 0.1) is 5.92 Å². The molecule has 0 aliphatic carbocycles. The molecule has 3 aliphatic heterocycles. The van der Waals surface area contributed by atoms with Crippen LogP contribution in [-0.4, -0.2) is 58.8 Å². The third-order valence-electron chi connectivity index (χ3n) is 4.37. The first-order valence-electron chi connectivity index (χ1n) is 6.68. The Morgan fingerprint density at radius 1 is 1.40 bits per heavy atom. The van der Waals surface area contributed by atoms with E-state index in [2.05, 4.69) is 0 Å². The maximum Gasteiger partial charge on any atom is 0.259 e. The highest BCUT2D eigenvalue weighted by molar-refractivity contribution is 6.07. The summed E-state index contributed by atoms with van der Waals surface area (Å²) >= 11 is 0. The Bertz CT molecular complexity index is 543. The number of amides is 2. The Morgan fingerprint density at radius 2 is 2.05 bits per heavy atom. The second-order valence-electron chi connectivity index (χ2n) is 5.80. The molecule has 0 aromatic carbocycles. The first-order valence-corrected chi connectivity index (χ1v) is 6.68. The quantitative estimate of drug-likeness (QED) is 0.276. The maximum absolute atomic E-state index is 12.4. The normalized spacial score (nSPS) is 39.0. The molecule has 0 aromatic rings. The van der Waals surface area contributed by atoms with Crippen molar-refractivity contribution in [2.24, 2.45) is 5.92 Å². The summed E-state index contributed by atoms with van der Waals surface area (Å²) in [6, 6.07) is -0.103. The summed E-state index contributed by atoms with van der Waals surface area (Å²) < 4.78 is 8.00. The SMILES string of the molecule is CCN1C(=O)[C@H]2[C@H](O[C@@]3(C)C=C(C)C=[N+](C)[C@@H]23)C1=O.[I-]. The van der Waals surface area contributed by atoms with Gasteiger partial charge in [-0.05, 0) is 26.8 Å². The van der Waals surface area contributed by atoms with Crippen LogP contribution < -0.4 is 24.0 Å². The van der Waals surface area contributed by atoms with Crippen molar-refractivity contribution in [2.75, 3.05) is 13.6 Å². The van der Waals surface area contributed by atoms with Crippen molar-refractivity contribution in [1.82, 2.24) is 4.90 Å². The van der Waals surface area contributed by atoms with Crippen LogP contribution in [0.2, 0.25) is 0 Å². The summed E-state index contributed by atoms with van der Waals surface area (Å²) in [6.45, 7) is 6.19. The van der Waals surface area contributed by atoms with Gasteiger partial charge in [0.25, 0.3) is 5.91 Å². The average molecular weight is 390 g/mol. The number of allylic oxidation sites excluding steroid dienone is 1. The van der Waals surface area contributed by atoms with Gasteiger partial charge in [-0.25, -0.2) is 4.58 Å². The highest BCUT2D eigenvalue weighted by Gasteiger charge is 2.67. The van der Waals surface area contributed by atoms with Crippen molar-refractivity contribution in [3.8, 4) is 0 Å². The van der Waals surface area contributed by atoms with E-state index in [0.29, 0.717) is 6.54 Å². The second-order valence-corrected chi connectivity index (χ2v) is 5.80. The van der Waals surface area contributed by atoms with E-state index in [4.69, 9.17) is 4.74 Å². The molecule has 5 nitrogen and oxygen atoms in total. The van der Waals surface area contributed by atoms with Gasteiger partial charge in [-0.2, -0.15) is 0 Å². The van der Waals surface area contributed by atoms with Crippen LogP contribution in [0.4, 0.5) is 0 Å². The Balaban J connectivity index is 0.00000147. The predicted molar refractivity (Wildman–Crippen MR) is 69.0 cm³/mol. The van der Waals surface area contributed by atoms with Crippen LogP contribution in [0.25, 0.3) is 0 Å². The predicted octanol–water partition coefficient (Wildman–Crippen LogP) is -2.81. The fourth-order valence-corrected chi connectivity index (χ4v) is 3.83. The van der Waals surface area contributed by atoms with E-state index < -0.39 is 11.7 Å². The van der Waals surface area contributed by atoms with Gasteiger partial charge in [0.05, 0.1) is 0 Å². The minimum absolute atomic E-state index is 0. The number of hydrogen-bond acceptors (Lipinski definition) is 3. The molecular weight excluding hydrogens is 371 g/mol. The first-order chi connectivity index (χ1) is 8.89. The number of imide groups is 1. The number of nitrogens with zero attached hydrogens (tertiary/aromatic N) is 2. The van der Waals surface area contributed by atoms with Crippen LogP contribution in [-0.2, 0) is 14.3 Å². The molecule has 0 N–H and O–H groups in total. The first kappa shape index (κ1) is 15.6. The molecule has 0 bridgehead atoms. The van der Waals surface area contributed by atoms with Gasteiger partial charge in [0.1, 0.15) is 18.6 Å². The molecule has 2 saturated heterocycles. The molecule has 20 heavy (non-hydrogen) atoms. The monoisotopic (exact) mass is 390 g/mol. The number of halogens is 1. The average Bonchev–Trinajstić information content (AvgIpc) is 2.72. The van der Waals surface area contributed by atoms with Crippen LogP contribution in [0.15, 0.2) is 11.6 Å². The molecule has 0 radical (unpaired) electrons. The third kappa shape index (κ3) is 1.88. The molecule has 3 aliphatic rings. The number of carbonyl (C=O) groups excluding carboxylic acids is 2. The van der Waals surface area contributed by atoms with Crippen LogP contribution in [0.5, 0.6) is 0 Å². The van der Waals surface area contributed by atoms with Crippen molar-refractivity contribution in [3.05, 3.63) is 11.6 Å². The standard InChI is InChI=1S/C14H19N2O3.HI/c1-5-16-12(17)9-10(13(16)18)19-14(3)6-8(2)7-15(4)11(9)14;/h6-7,9-11H,5H2,1-4H3;1H/q+1;/p-1/t9-,10-,11-,14-;/m0./s1. The maximum atomic E-state index is 12.4. The molecule has 3 heterocycles. The van der Waals surface area contributed by atoms with Crippen molar-refractivity contribution in [2.45, 2.75) is 38.5 Å². The zero-order valence-corrected chi connectivity index (χ0v) is 14.2. The number of carbonyl (C=O) groups is 2. The van der Waals surface area contributed by atoms with Gasteiger partial charge in [-0.15, -0.1) is 0 Å². The Labute approximate surface area is 135 Å². The molecule has 0 saturated carbocycles. The lowest BCUT2D eigenvalue weighted by atomic mass is 9.84. The van der Waals surface area contributed by atoms with Gasteiger partial charge in [0.2, 0.25) is 5.91 Å². The minimum Gasteiger partial charge on any atom is -1.00 e. The second kappa shape index (κ2) is 4.91. The lowest BCUT2D eigenvalue weighted by Crippen LogP contribution is -3.00. The summed E-state index contributed by atoms with van der Waals surface area (Å²) in [5.74, 6) is -0.671. The highest BCUT2D eigenvalue weighted by atomic mass is 127. The minimum atomic E-state index is -0.625. The van der Waals surface area contributed by atoms with E-state index in [9.17, 15) is 9.59 Å². The van der Waals surface area contributed by atoms with Crippen molar-refractivity contribution >= 4 is 18.0 Å². The number of rotatable bonds is 1. The van der Waals surface area contributed by atoms with Gasteiger partial charge < -0.3 is 28.7 Å². The van der Waals surface area contributed by atoms with Gasteiger partial charge in [0, 0.05) is 12.1 Å². The van der Waals surface area contributed by atoms with Crippen molar-refractivity contribution in [3.63, 3.8) is 0 Å². The number of fused-ring (bicyclic) bond motifs is 3. The van der Waals surface area contributed by atoms with E-state index in [1.807, 2.05) is 44.7 Å². The van der Waals surface area contributed by atoms with Gasteiger partial charge in [-0.3, -0.25) is 14.5 Å². The van der Waals surface area contributed by atoms with Crippen LogP contribution >= 0.6 is 0 Å². The van der Waals surface area contributed by atoms with E-state index in [1.165, 1.54) is 4.90 Å². The Kier molecular flexibility index (Phi) is 3.83. The smallest absolute Gasteiger partial charge is 0.259 e. The zero-order chi connectivity index (χ0) is 13.9. The van der Waals surface area contributed by atoms with Gasteiger partial charge in [-0.1, -0.05) is 0 Å². The number of likely N-dealkylation sites (tertiary alicyclic amines) is 1. The van der Waals surface area contributed by atoms with Crippen molar-refractivity contribution < 1.29 is 42.9 Å². The van der Waals surface area contributed by atoms with Gasteiger partial charge in [0.15, 0.2) is 18.4 Å². The number of hydrogen-bond donors (Lipinski definition) is 0. The molecule has 0 spiro atoms. The van der Waals surface area contributed by atoms with Crippen LogP contribution in [0.1, 0.15) is 20.8 Å². The molecule has 0 aromatic heterocycles. The largest absolute Gasteiger partial charge is 1.00 e. The molecule has 6 heteroatoms. The van der Waals surface area contributed by atoms with Gasteiger partial charge >= 0.3 is 0 Å².